The summed E-state index contributed by atoms with van der Waals surface area (Å²) in [5.41, 5.74) is 0. The molecule has 1 unspecified atom stereocenters. The van der Waals surface area contributed by atoms with Crippen molar-refractivity contribution in [3.63, 3.8) is 0 Å². The Morgan fingerprint density at radius 3 is 1.90 bits per heavy atom. The summed E-state index contributed by atoms with van der Waals surface area (Å²) in [6.07, 6.45) is 11.6. The largest absolute Gasteiger partial charge is 0.472 e. The summed E-state index contributed by atoms with van der Waals surface area (Å²) >= 11 is 0. The molecule has 0 heterocycles. The maximum Gasteiger partial charge on any atom is 0.472 e. The molecular formula is C40H74O17P2. The van der Waals surface area contributed by atoms with E-state index in [1.807, 2.05) is 0 Å². The zero-order chi connectivity index (χ0) is 44.3. The van der Waals surface area contributed by atoms with Crippen LogP contribution in [0, 0.1) is 17.8 Å². The van der Waals surface area contributed by atoms with Crippen LogP contribution in [0.4, 0.5) is 0 Å². The van der Waals surface area contributed by atoms with Crippen LogP contribution in [-0.4, -0.2) is 110 Å². The number of carbonyl (C=O) groups is 3. The number of ether oxygens (including phenoxy) is 2. The van der Waals surface area contributed by atoms with Crippen LogP contribution >= 0.6 is 15.6 Å². The molecular weight excluding hydrogens is 814 g/mol. The predicted octanol–water partition coefficient (Wildman–Crippen LogP) is 5.98. The quantitative estimate of drug-likeness (QED) is 0.0165. The molecule has 0 saturated heterocycles. The van der Waals surface area contributed by atoms with E-state index in [1.165, 1.54) is 25.7 Å². The Morgan fingerprint density at radius 1 is 0.695 bits per heavy atom. The summed E-state index contributed by atoms with van der Waals surface area (Å²) in [4.78, 5) is 65.7. The van der Waals surface area contributed by atoms with Crippen molar-refractivity contribution in [1.82, 2.24) is 0 Å². The molecule has 0 aromatic heterocycles. The number of unbranched alkanes of at least 4 members (excludes halogenated alkanes) is 10. The van der Waals surface area contributed by atoms with Gasteiger partial charge in [0.25, 0.3) is 0 Å². The highest BCUT2D eigenvalue weighted by Gasteiger charge is 2.41. The Morgan fingerprint density at radius 2 is 1.25 bits per heavy atom. The van der Waals surface area contributed by atoms with Gasteiger partial charge in [0.2, 0.25) is 0 Å². The Balaban J connectivity index is 2.63. The number of hydrogen-bond donors (Lipinski definition) is 7. The normalized spacial score (nSPS) is 21.1. The molecule has 1 fully saturated rings. The fraction of sp³-hybridized carbons (Fsp3) is 0.875. The van der Waals surface area contributed by atoms with Crippen LogP contribution in [0.25, 0.3) is 0 Å². The van der Waals surface area contributed by atoms with Gasteiger partial charge in [-0.25, -0.2) is 9.13 Å². The van der Waals surface area contributed by atoms with Crippen molar-refractivity contribution < 1.29 is 81.7 Å². The zero-order valence-electron chi connectivity index (χ0n) is 35.4. The molecule has 0 spiro atoms. The van der Waals surface area contributed by atoms with E-state index >= 15 is 0 Å². The topological polar surface area (TPSA) is 273 Å². The number of aliphatic hydroxyl groups excluding tert-OH is 4. The Labute approximate surface area is 350 Å². The van der Waals surface area contributed by atoms with E-state index in [4.69, 9.17) is 23.8 Å². The zero-order valence-corrected chi connectivity index (χ0v) is 37.1. The molecule has 8 atom stereocenters. The monoisotopic (exact) mass is 888 g/mol. The lowest BCUT2D eigenvalue weighted by molar-refractivity contribution is -0.161. The first kappa shape index (κ1) is 55.4. The molecule has 346 valence electrons. The molecule has 1 rings (SSSR count). The van der Waals surface area contributed by atoms with Gasteiger partial charge in [0.1, 0.15) is 18.5 Å². The fourth-order valence-electron chi connectivity index (χ4n) is 6.70. The standard InChI is InChI=1S/C40H74O17P2/c1-4-5-12-18-31(41)22-23-35-36(38(45)25-37(35)44)24-32(42)19-15-16-21-40(47)57-34(29-56-59(51,52)55-27-33(43)26-54-58(48,49)50)28-53-39(46)20-14-11-9-7-6-8-10-13-17-30(2)3/h22-23,30-31,33-38,41,43-45H,4-21,24-29H2,1-3H3,(H,51,52)(H2,48,49,50)/b23-22+/t31-,33-,34+,35+,36+,37+,38-/m0/s1. The molecule has 0 radical (unpaired) electrons. The van der Waals surface area contributed by atoms with Gasteiger partial charge in [-0.3, -0.25) is 28.0 Å². The summed E-state index contributed by atoms with van der Waals surface area (Å²) < 4.78 is 47.6. The summed E-state index contributed by atoms with van der Waals surface area (Å²) in [5, 5.41) is 41.0. The predicted molar refractivity (Wildman–Crippen MR) is 219 cm³/mol. The van der Waals surface area contributed by atoms with E-state index in [9.17, 15) is 48.8 Å². The summed E-state index contributed by atoms with van der Waals surface area (Å²) in [5.74, 6) is -1.76. The third kappa shape index (κ3) is 29.4. The SMILES string of the molecule is CCCCC[C@H](O)/C=C/[C@@H]1[C@@H](CC(=O)CCCCC(=O)O[C@H](COC(=O)CCCCCCCCCCC(C)C)COP(=O)(O)OC[C@@H](O)COP(=O)(O)O)[C@@H](O)C[C@H]1O. The molecule has 17 nitrogen and oxygen atoms in total. The van der Waals surface area contributed by atoms with Gasteiger partial charge in [0.15, 0.2) is 6.10 Å². The van der Waals surface area contributed by atoms with Crippen molar-refractivity contribution in [2.24, 2.45) is 17.8 Å². The maximum absolute atomic E-state index is 12.9. The average Bonchev–Trinajstić information content (AvgIpc) is 3.42. The number of aliphatic hydroxyl groups is 4. The number of carbonyl (C=O) groups excluding carboxylic acids is 3. The van der Waals surface area contributed by atoms with Crippen molar-refractivity contribution in [3.05, 3.63) is 12.2 Å². The summed E-state index contributed by atoms with van der Waals surface area (Å²) in [6.45, 7) is 3.45. The highest BCUT2D eigenvalue weighted by Crippen LogP contribution is 2.44. The molecule has 1 saturated carbocycles. The number of ketones is 1. The molecule has 7 N–H and O–H groups in total. The van der Waals surface area contributed by atoms with Crippen molar-refractivity contribution in [1.29, 1.82) is 0 Å². The van der Waals surface area contributed by atoms with Gasteiger partial charge >= 0.3 is 27.6 Å². The third-order valence-electron chi connectivity index (χ3n) is 10.1. The van der Waals surface area contributed by atoms with Crippen molar-refractivity contribution in [2.45, 2.75) is 180 Å². The Bertz CT molecular complexity index is 1290. The summed E-state index contributed by atoms with van der Waals surface area (Å²) in [7, 11) is -9.81. The first-order valence-electron chi connectivity index (χ1n) is 21.4. The first-order chi connectivity index (χ1) is 27.8. The molecule has 0 aliphatic heterocycles. The van der Waals surface area contributed by atoms with Gasteiger partial charge in [0, 0.05) is 43.9 Å². The average molecular weight is 889 g/mol. The molecule has 1 aliphatic carbocycles. The minimum absolute atomic E-state index is 0.0178. The number of phosphoric acid groups is 2. The van der Waals surface area contributed by atoms with Crippen molar-refractivity contribution in [3.8, 4) is 0 Å². The molecule has 1 aliphatic rings. The minimum Gasteiger partial charge on any atom is -0.462 e. The van der Waals surface area contributed by atoms with E-state index in [1.54, 1.807) is 12.2 Å². The highest BCUT2D eigenvalue weighted by atomic mass is 31.2. The van der Waals surface area contributed by atoms with E-state index in [0.29, 0.717) is 25.2 Å². The number of phosphoric ester groups is 2. The van der Waals surface area contributed by atoms with Crippen molar-refractivity contribution >= 4 is 33.4 Å². The summed E-state index contributed by atoms with van der Waals surface area (Å²) in [6, 6.07) is 0. The lowest BCUT2D eigenvalue weighted by Crippen LogP contribution is -2.30. The van der Waals surface area contributed by atoms with Gasteiger partial charge in [-0.2, -0.15) is 0 Å². The van der Waals surface area contributed by atoms with Crippen LogP contribution in [-0.2, 0) is 46.6 Å². The molecule has 59 heavy (non-hydrogen) atoms. The first-order valence-corrected chi connectivity index (χ1v) is 24.4. The Hall–Kier alpha value is -1.59. The second kappa shape index (κ2) is 31.3. The van der Waals surface area contributed by atoms with Gasteiger partial charge in [-0.15, -0.1) is 0 Å². The van der Waals surface area contributed by atoms with Gasteiger partial charge < -0.3 is 44.6 Å². The fourth-order valence-corrected chi connectivity index (χ4v) is 7.86. The lowest BCUT2D eigenvalue weighted by atomic mass is 9.87. The van der Waals surface area contributed by atoms with E-state index in [0.717, 1.165) is 44.9 Å². The molecule has 0 aromatic carbocycles. The Kier molecular flexibility index (Phi) is 29.4. The van der Waals surface area contributed by atoms with E-state index < -0.39 is 96.4 Å². The van der Waals surface area contributed by atoms with Crippen LogP contribution in [0.3, 0.4) is 0 Å². The third-order valence-corrected chi connectivity index (χ3v) is 11.5. The van der Waals surface area contributed by atoms with E-state index in [2.05, 4.69) is 29.8 Å². The van der Waals surface area contributed by atoms with Crippen LogP contribution in [0.1, 0.15) is 149 Å². The minimum atomic E-state index is -4.91. The van der Waals surface area contributed by atoms with Crippen LogP contribution < -0.4 is 0 Å². The van der Waals surface area contributed by atoms with Gasteiger partial charge in [-0.05, 0) is 31.6 Å². The number of esters is 2. The highest BCUT2D eigenvalue weighted by molar-refractivity contribution is 7.47. The number of Topliss-reactive ketones (excluding diaryl/α,β-unsaturated/α-hetero) is 1. The van der Waals surface area contributed by atoms with Crippen LogP contribution in [0.15, 0.2) is 12.2 Å². The molecule has 0 amide bonds. The second-order valence-electron chi connectivity index (χ2n) is 16.1. The molecule has 0 bridgehead atoms. The van der Waals surface area contributed by atoms with Crippen LogP contribution in [0.5, 0.6) is 0 Å². The second-order valence-corrected chi connectivity index (χ2v) is 18.8. The lowest BCUT2D eigenvalue weighted by Gasteiger charge is -2.21. The maximum atomic E-state index is 12.9. The molecule has 0 aromatic rings. The van der Waals surface area contributed by atoms with E-state index in [-0.39, 0.29) is 44.3 Å². The smallest absolute Gasteiger partial charge is 0.462 e. The van der Waals surface area contributed by atoms with Crippen LogP contribution in [0.2, 0.25) is 0 Å². The molecule has 19 heteroatoms. The van der Waals surface area contributed by atoms with Gasteiger partial charge in [0.05, 0.1) is 38.1 Å². The number of hydrogen-bond acceptors (Lipinski definition) is 14. The number of rotatable bonds is 36. The van der Waals surface area contributed by atoms with Crippen molar-refractivity contribution in [2.75, 3.05) is 26.4 Å². The van der Waals surface area contributed by atoms with Gasteiger partial charge in [-0.1, -0.05) is 104 Å².